The van der Waals surface area contributed by atoms with Gasteiger partial charge in [-0.15, -0.1) is 0 Å². The first-order chi connectivity index (χ1) is 12.7. The lowest BCUT2D eigenvalue weighted by Crippen LogP contribution is -2.27. The monoisotopic (exact) mass is 341 g/mol. The van der Waals surface area contributed by atoms with Crippen molar-refractivity contribution in [1.29, 1.82) is 0 Å². The molecule has 0 fully saturated rings. The molecule has 0 bridgehead atoms. The van der Waals surface area contributed by atoms with Crippen LogP contribution in [0.25, 0.3) is 21.8 Å². The van der Waals surface area contributed by atoms with Crippen LogP contribution in [0.15, 0.2) is 54.6 Å². The second-order valence-corrected chi connectivity index (χ2v) is 6.95. The molecule has 1 aromatic heterocycles. The molecule has 0 saturated carbocycles. The van der Waals surface area contributed by atoms with Crippen LogP contribution in [-0.2, 0) is 12.8 Å². The molecule has 128 valence electrons. The molecular weight excluding hydrogens is 322 g/mol. The summed E-state index contributed by atoms with van der Waals surface area (Å²) in [7, 11) is 0. The molecule has 1 amide bonds. The molecule has 4 aromatic rings. The van der Waals surface area contributed by atoms with Crippen molar-refractivity contribution >= 4 is 27.7 Å². The van der Waals surface area contributed by atoms with Crippen LogP contribution < -0.4 is 5.32 Å². The van der Waals surface area contributed by atoms with Gasteiger partial charge in [-0.3, -0.25) is 4.79 Å². The summed E-state index contributed by atoms with van der Waals surface area (Å²) in [6.45, 7) is 1.95. The number of rotatable bonds is 3. The van der Waals surface area contributed by atoms with Crippen LogP contribution >= 0.6 is 0 Å². The number of H-pyrrole nitrogens is 1. The number of fused-ring (bicyclic) bond motifs is 1. The second-order valence-electron chi connectivity index (χ2n) is 6.95. The molecule has 0 aliphatic heterocycles. The molecule has 1 aliphatic rings. The highest BCUT2D eigenvalue weighted by Gasteiger charge is 2.20. The highest BCUT2D eigenvalue weighted by Crippen LogP contribution is 2.33. The molecule has 4 heteroatoms. The Morgan fingerprint density at radius 2 is 1.85 bits per heavy atom. The van der Waals surface area contributed by atoms with E-state index in [0.29, 0.717) is 0 Å². The van der Waals surface area contributed by atoms with Crippen molar-refractivity contribution in [1.82, 2.24) is 15.3 Å². The van der Waals surface area contributed by atoms with E-state index in [1.54, 1.807) is 0 Å². The van der Waals surface area contributed by atoms with Gasteiger partial charge in [0.25, 0.3) is 5.91 Å². The maximum atomic E-state index is 12.9. The Kier molecular flexibility index (Phi) is 3.32. The van der Waals surface area contributed by atoms with Crippen molar-refractivity contribution in [3.63, 3.8) is 0 Å². The van der Waals surface area contributed by atoms with Gasteiger partial charge in [-0.25, -0.2) is 4.98 Å². The van der Waals surface area contributed by atoms with Crippen LogP contribution in [0, 0.1) is 0 Å². The minimum absolute atomic E-state index is 0.0615. The molecule has 0 radical (unpaired) electrons. The Bertz CT molecular complexity index is 1120. The van der Waals surface area contributed by atoms with Gasteiger partial charge in [-0.05, 0) is 59.9 Å². The Hall–Kier alpha value is -3.14. The van der Waals surface area contributed by atoms with Gasteiger partial charge < -0.3 is 10.3 Å². The van der Waals surface area contributed by atoms with Gasteiger partial charge in [0.2, 0.25) is 0 Å². The molecule has 1 atom stereocenters. The van der Waals surface area contributed by atoms with Gasteiger partial charge in [-0.2, -0.15) is 0 Å². The third kappa shape index (κ3) is 2.30. The average molecular weight is 341 g/mol. The molecular formula is C22H19N3O. The average Bonchev–Trinajstić information content (AvgIpc) is 3.27. The Morgan fingerprint density at radius 3 is 2.69 bits per heavy atom. The minimum Gasteiger partial charge on any atom is -0.342 e. The molecule has 0 saturated heterocycles. The second kappa shape index (κ2) is 5.70. The predicted molar refractivity (Wildman–Crippen MR) is 103 cm³/mol. The van der Waals surface area contributed by atoms with Crippen LogP contribution in [0.4, 0.5) is 0 Å². The van der Waals surface area contributed by atoms with Crippen LogP contribution in [-0.4, -0.2) is 15.9 Å². The number of carbonyl (C=O) groups excluding carboxylic acids is 1. The molecule has 1 heterocycles. The molecule has 1 aliphatic carbocycles. The largest absolute Gasteiger partial charge is 0.342 e. The fraction of sp³-hybridized carbons (Fsp3) is 0.182. The van der Waals surface area contributed by atoms with E-state index in [4.69, 9.17) is 0 Å². The SMILES string of the molecule is C[C@H](NC(=O)c1ccc2c3c(cccc13)CC2)c1nc2ccccc2[nH]1. The Morgan fingerprint density at radius 1 is 1.04 bits per heavy atom. The molecule has 3 aromatic carbocycles. The minimum atomic E-state index is -0.196. The maximum absolute atomic E-state index is 12.9. The highest BCUT2D eigenvalue weighted by atomic mass is 16.1. The number of hydrogen-bond acceptors (Lipinski definition) is 2. The fourth-order valence-corrected chi connectivity index (χ4v) is 3.97. The van der Waals surface area contributed by atoms with Crippen molar-refractivity contribution in [2.75, 3.05) is 0 Å². The smallest absolute Gasteiger partial charge is 0.252 e. The highest BCUT2D eigenvalue weighted by molar-refractivity contribution is 6.09. The van der Waals surface area contributed by atoms with E-state index >= 15 is 0 Å². The number of aromatic nitrogens is 2. The van der Waals surface area contributed by atoms with E-state index in [0.717, 1.165) is 40.6 Å². The fourth-order valence-electron chi connectivity index (χ4n) is 3.97. The summed E-state index contributed by atoms with van der Waals surface area (Å²) in [5, 5.41) is 5.40. The van der Waals surface area contributed by atoms with E-state index in [-0.39, 0.29) is 11.9 Å². The van der Waals surface area contributed by atoms with Crippen molar-refractivity contribution in [3.8, 4) is 0 Å². The van der Waals surface area contributed by atoms with Gasteiger partial charge in [-0.1, -0.05) is 36.4 Å². The summed E-state index contributed by atoms with van der Waals surface area (Å²) >= 11 is 0. The normalized spacial score (nSPS) is 14.0. The van der Waals surface area contributed by atoms with E-state index in [1.807, 2.05) is 43.3 Å². The lowest BCUT2D eigenvalue weighted by molar-refractivity contribution is 0.0940. The quantitative estimate of drug-likeness (QED) is 0.583. The van der Waals surface area contributed by atoms with Crippen molar-refractivity contribution in [2.24, 2.45) is 0 Å². The first-order valence-corrected chi connectivity index (χ1v) is 9.00. The zero-order chi connectivity index (χ0) is 17.7. The van der Waals surface area contributed by atoms with Gasteiger partial charge in [0.05, 0.1) is 17.1 Å². The van der Waals surface area contributed by atoms with Gasteiger partial charge >= 0.3 is 0 Å². The zero-order valence-corrected chi connectivity index (χ0v) is 14.5. The number of benzene rings is 3. The number of nitrogens with zero attached hydrogens (tertiary/aromatic N) is 1. The summed E-state index contributed by atoms with van der Waals surface area (Å²) in [6.07, 6.45) is 2.13. The van der Waals surface area contributed by atoms with Gasteiger partial charge in [0.15, 0.2) is 0 Å². The standard InChI is InChI=1S/C22H19N3O/c1-13(21-24-18-7-2-3-8-19(18)25-21)23-22(26)17-12-11-15-10-9-14-5-4-6-16(17)20(14)15/h2-8,11-13H,9-10H2,1H3,(H,23,26)(H,24,25)/t13-/m0/s1. The van der Waals surface area contributed by atoms with E-state index in [2.05, 4.69) is 33.5 Å². The molecule has 5 rings (SSSR count). The number of hydrogen-bond donors (Lipinski definition) is 2. The third-order valence-electron chi connectivity index (χ3n) is 5.29. The number of aryl methyl sites for hydroxylation is 2. The number of nitrogens with one attached hydrogen (secondary N) is 2. The Balaban J connectivity index is 1.48. The molecule has 26 heavy (non-hydrogen) atoms. The van der Waals surface area contributed by atoms with E-state index in [9.17, 15) is 4.79 Å². The number of para-hydroxylation sites is 2. The summed E-state index contributed by atoms with van der Waals surface area (Å²) in [6, 6.07) is 18.0. The number of carbonyl (C=O) groups is 1. The van der Waals surface area contributed by atoms with Crippen LogP contribution in [0.5, 0.6) is 0 Å². The van der Waals surface area contributed by atoms with E-state index in [1.165, 1.54) is 16.5 Å². The van der Waals surface area contributed by atoms with Crippen LogP contribution in [0.2, 0.25) is 0 Å². The van der Waals surface area contributed by atoms with Crippen molar-refractivity contribution < 1.29 is 4.79 Å². The summed E-state index contributed by atoms with van der Waals surface area (Å²) in [5.41, 5.74) is 5.31. The van der Waals surface area contributed by atoms with Crippen molar-refractivity contribution in [2.45, 2.75) is 25.8 Å². The van der Waals surface area contributed by atoms with Crippen LogP contribution in [0.1, 0.15) is 40.3 Å². The number of aromatic amines is 1. The summed E-state index contributed by atoms with van der Waals surface area (Å²) in [4.78, 5) is 20.8. The van der Waals surface area contributed by atoms with Gasteiger partial charge in [0, 0.05) is 5.56 Å². The van der Waals surface area contributed by atoms with Crippen molar-refractivity contribution in [3.05, 3.63) is 77.1 Å². The summed E-state index contributed by atoms with van der Waals surface area (Å²) in [5.74, 6) is 0.707. The summed E-state index contributed by atoms with van der Waals surface area (Å²) < 4.78 is 0. The lowest BCUT2D eigenvalue weighted by Gasteiger charge is -2.13. The topological polar surface area (TPSA) is 57.8 Å². The first-order valence-electron chi connectivity index (χ1n) is 9.00. The first kappa shape index (κ1) is 15.1. The van der Waals surface area contributed by atoms with Crippen LogP contribution in [0.3, 0.4) is 0 Å². The molecule has 4 nitrogen and oxygen atoms in total. The predicted octanol–water partition coefficient (Wildman–Crippen LogP) is 4.31. The zero-order valence-electron chi connectivity index (χ0n) is 14.5. The molecule has 2 N–H and O–H groups in total. The number of imidazole rings is 1. The van der Waals surface area contributed by atoms with E-state index < -0.39 is 0 Å². The van der Waals surface area contributed by atoms with Gasteiger partial charge in [0.1, 0.15) is 5.82 Å². The maximum Gasteiger partial charge on any atom is 0.252 e. The molecule has 0 unspecified atom stereocenters. The molecule has 0 spiro atoms. The number of amides is 1. The third-order valence-corrected chi connectivity index (χ3v) is 5.29. The Labute approximate surface area is 151 Å². The lowest BCUT2D eigenvalue weighted by atomic mass is 9.99.